The zero-order valence-corrected chi connectivity index (χ0v) is 10.1. The van der Waals surface area contributed by atoms with Crippen molar-refractivity contribution in [1.82, 2.24) is 5.32 Å². The molecule has 5 nitrogen and oxygen atoms in total. The average Bonchev–Trinajstić information content (AvgIpc) is 2.08. The Morgan fingerprint density at radius 2 is 1.87 bits per heavy atom. The second-order valence-corrected chi connectivity index (χ2v) is 4.17. The minimum Gasteiger partial charge on any atom is -0.419 e. The molecule has 0 spiro atoms. The third kappa shape index (κ3) is 3.23. The molecule has 0 aromatic rings. The molecule has 84 valence electrons. The lowest BCUT2D eigenvalue weighted by Gasteiger charge is -2.29. The van der Waals surface area contributed by atoms with Crippen molar-refractivity contribution in [3.63, 3.8) is 0 Å². The van der Waals surface area contributed by atoms with Crippen molar-refractivity contribution < 1.29 is 19.1 Å². The zero-order chi connectivity index (χ0) is 11.5. The highest BCUT2D eigenvalue weighted by atomic mass is 79.9. The van der Waals surface area contributed by atoms with Crippen LogP contribution < -0.4 is 5.32 Å². The van der Waals surface area contributed by atoms with Crippen LogP contribution in [0.25, 0.3) is 0 Å². The first-order chi connectivity index (χ1) is 6.96. The van der Waals surface area contributed by atoms with E-state index in [0.29, 0.717) is 11.9 Å². The normalized spacial score (nSPS) is 19.3. The molecule has 0 atom stereocenters. The van der Waals surface area contributed by atoms with Crippen LogP contribution in [-0.4, -0.2) is 29.6 Å². The van der Waals surface area contributed by atoms with Gasteiger partial charge in [-0.3, -0.25) is 0 Å². The van der Waals surface area contributed by atoms with E-state index < -0.39 is 17.7 Å². The number of carbonyl (C=O) groups is 2. The quantitative estimate of drug-likeness (QED) is 0.270. The fourth-order valence-corrected chi connectivity index (χ4v) is 1.24. The van der Waals surface area contributed by atoms with Gasteiger partial charge in [-0.15, -0.1) is 0 Å². The van der Waals surface area contributed by atoms with Gasteiger partial charge in [0.05, 0.1) is 0 Å². The lowest BCUT2D eigenvalue weighted by molar-refractivity contribution is -0.222. The Bertz CT molecular complexity index is 289. The highest BCUT2D eigenvalue weighted by Crippen LogP contribution is 2.21. The maximum atomic E-state index is 11.4. The van der Waals surface area contributed by atoms with Crippen molar-refractivity contribution in [2.24, 2.45) is 0 Å². The monoisotopic (exact) mass is 277 g/mol. The number of carbonyl (C=O) groups excluding carboxylic acids is 2. The van der Waals surface area contributed by atoms with Crippen LogP contribution in [0.1, 0.15) is 13.8 Å². The number of hydrogen-bond acceptors (Lipinski definition) is 5. The summed E-state index contributed by atoms with van der Waals surface area (Å²) >= 11 is 3.20. The van der Waals surface area contributed by atoms with Gasteiger partial charge in [0, 0.05) is 31.9 Å². The molecule has 0 aromatic carbocycles. The van der Waals surface area contributed by atoms with Crippen molar-refractivity contribution in [1.29, 1.82) is 0 Å². The summed E-state index contributed by atoms with van der Waals surface area (Å²) < 4.78 is 9.77. The average molecular weight is 278 g/mol. The molecule has 0 saturated carbocycles. The smallest absolute Gasteiger partial charge is 0.350 e. The third-order valence-electron chi connectivity index (χ3n) is 1.60. The maximum absolute atomic E-state index is 11.4. The summed E-state index contributed by atoms with van der Waals surface area (Å²) in [6.45, 7) is 3.62. The number of alkyl halides is 1. The number of hydrogen-bond donors (Lipinski definition) is 1. The van der Waals surface area contributed by atoms with E-state index in [2.05, 4.69) is 21.2 Å². The summed E-state index contributed by atoms with van der Waals surface area (Å²) in [4.78, 5) is 22.7. The predicted octanol–water partition coefficient (Wildman–Crippen LogP) is 0.691. The molecule has 0 amide bonds. The van der Waals surface area contributed by atoms with Gasteiger partial charge in [0.2, 0.25) is 0 Å². The predicted molar refractivity (Wildman–Crippen MR) is 56.1 cm³/mol. The topological polar surface area (TPSA) is 64.6 Å². The number of cyclic esters (lactones) is 2. The van der Waals surface area contributed by atoms with Crippen LogP contribution in [-0.2, 0) is 19.1 Å². The molecule has 1 aliphatic heterocycles. The van der Waals surface area contributed by atoms with E-state index in [4.69, 9.17) is 9.47 Å². The number of esters is 2. The first-order valence-electron chi connectivity index (χ1n) is 4.42. The zero-order valence-electron chi connectivity index (χ0n) is 8.50. The van der Waals surface area contributed by atoms with Gasteiger partial charge in [0.25, 0.3) is 5.79 Å². The number of ether oxygens (including phenoxy) is 2. The third-order valence-corrected chi connectivity index (χ3v) is 2.00. The molecule has 0 radical (unpaired) electrons. The van der Waals surface area contributed by atoms with Crippen LogP contribution in [0.5, 0.6) is 0 Å². The molecular formula is C9H12BrNO4. The van der Waals surface area contributed by atoms with E-state index in [1.807, 2.05) is 0 Å². The van der Waals surface area contributed by atoms with Crippen molar-refractivity contribution in [2.75, 3.05) is 11.9 Å². The Balaban J connectivity index is 2.71. The molecule has 1 rings (SSSR count). The molecule has 1 saturated heterocycles. The minimum atomic E-state index is -1.18. The Morgan fingerprint density at radius 3 is 2.33 bits per heavy atom. The van der Waals surface area contributed by atoms with Crippen molar-refractivity contribution in [3.8, 4) is 0 Å². The van der Waals surface area contributed by atoms with Gasteiger partial charge >= 0.3 is 11.9 Å². The lowest BCUT2D eigenvalue weighted by Crippen LogP contribution is -2.42. The van der Waals surface area contributed by atoms with E-state index in [1.165, 1.54) is 20.0 Å². The largest absolute Gasteiger partial charge is 0.419 e. The lowest BCUT2D eigenvalue weighted by atomic mass is 10.2. The highest BCUT2D eigenvalue weighted by molar-refractivity contribution is 9.09. The molecular weight excluding hydrogens is 266 g/mol. The van der Waals surface area contributed by atoms with E-state index in [9.17, 15) is 9.59 Å². The summed E-state index contributed by atoms with van der Waals surface area (Å²) in [7, 11) is 0. The van der Waals surface area contributed by atoms with Crippen LogP contribution in [0.15, 0.2) is 11.8 Å². The van der Waals surface area contributed by atoms with E-state index in [0.717, 1.165) is 0 Å². The van der Waals surface area contributed by atoms with Gasteiger partial charge in [-0.1, -0.05) is 15.9 Å². The van der Waals surface area contributed by atoms with E-state index in [1.54, 1.807) is 0 Å². The molecule has 0 aliphatic carbocycles. The molecule has 0 unspecified atom stereocenters. The highest BCUT2D eigenvalue weighted by Gasteiger charge is 2.38. The molecule has 6 heteroatoms. The van der Waals surface area contributed by atoms with Crippen LogP contribution in [0.4, 0.5) is 0 Å². The van der Waals surface area contributed by atoms with Crippen molar-refractivity contribution in [2.45, 2.75) is 19.6 Å². The summed E-state index contributed by atoms with van der Waals surface area (Å²) in [5.41, 5.74) is -0.115. The standard InChI is InChI=1S/C9H12BrNO4/c1-9(2)14-7(12)6(8(13)15-9)5-11-4-3-10/h5,11H,3-4H2,1-2H3. The molecule has 1 aliphatic rings. The molecule has 1 heterocycles. The van der Waals surface area contributed by atoms with Gasteiger partial charge in [-0.2, -0.15) is 0 Å². The fourth-order valence-electron chi connectivity index (χ4n) is 1.01. The molecule has 1 fully saturated rings. The van der Waals surface area contributed by atoms with Crippen LogP contribution in [0.2, 0.25) is 0 Å². The molecule has 0 aromatic heterocycles. The van der Waals surface area contributed by atoms with Gasteiger partial charge in [-0.25, -0.2) is 9.59 Å². The Labute approximate surface area is 95.9 Å². The first-order valence-corrected chi connectivity index (χ1v) is 5.54. The van der Waals surface area contributed by atoms with Gasteiger partial charge in [-0.05, 0) is 0 Å². The number of rotatable bonds is 3. The molecule has 15 heavy (non-hydrogen) atoms. The van der Waals surface area contributed by atoms with Gasteiger partial charge < -0.3 is 14.8 Å². The maximum Gasteiger partial charge on any atom is 0.350 e. The van der Waals surface area contributed by atoms with Crippen LogP contribution in [0.3, 0.4) is 0 Å². The SMILES string of the molecule is CC1(C)OC(=O)C(=CNCCBr)C(=O)O1. The van der Waals surface area contributed by atoms with Gasteiger partial charge in [0.1, 0.15) is 0 Å². The second-order valence-electron chi connectivity index (χ2n) is 3.38. The van der Waals surface area contributed by atoms with Crippen LogP contribution in [0, 0.1) is 0 Å². The Kier molecular flexibility index (Phi) is 3.73. The van der Waals surface area contributed by atoms with Crippen LogP contribution >= 0.6 is 15.9 Å². The number of halogens is 1. The summed E-state index contributed by atoms with van der Waals surface area (Å²) in [5, 5.41) is 3.50. The van der Waals surface area contributed by atoms with Crippen molar-refractivity contribution in [3.05, 3.63) is 11.8 Å². The van der Waals surface area contributed by atoms with E-state index in [-0.39, 0.29) is 5.57 Å². The Hall–Kier alpha value is -1.04. The molecule has 1 N–H and O–H groups in total. The first kappa shape index (κ1) is 12.0. The Morgan fingerprint density at radius 1 is 1.33 bits per heavy atom. The van der Waals surface area contributed by atoms with Crippen molar-refractivity contribution >= 4 is 27.9 Å². The summed E-state index contributed by atoms with van der Waals surface area (Å²) in [6, 6.07) is 0. The fraction of sp³-hybridized carbons (Fsp3) is 0.556. The molecule has 0 bridgehead atoms. The minimum absolute atomic E-state index is 0.115. The van der Waals surface area contributed by atoms with Gasteiger partial charge in [0.15, 0.2) is 5.57 Å². The number of nitrogens with one attached hydrogen (secondary N) is 1. The summed E-state index contributed by atoms with van der Waals surface area (Å²) in [6.07, 6.45) is 1.31. The second kappa shape index (κ2) is 4.65. The summed E-state index contributed by atoms with van der Waals surface area (Å²) in [5.74, 6) is -2.52. The van der Waals surface area contributed by atoms with E-state index >= 15 is 0 Å².